The fourth-order valence-corrected chi connectivity index (χ4v) is 4.31. The van der Waals surface area contributed by atoms with Crippen LogP contribution in [-0.2, 0) is 0 Å². The van der Waals surface area contributed by atoms with Gasteiger partial charge < -0.3 is 24.7 Å². The zero-order valence-corrected chi connectivity index (χ0v) is 18.5. The van der Waals surface area contributed by atoms with Gasteiger partial charge in [-0.3, -0.25) is 4.79 Å². The monoisotopic (exact) mass is 452 g/mol. The molecule has 1 atom stereocenters. The van der Waals surface area contributed by atoms with Gasteiger partial charge in [-0.25, -0.2) is 0 Å². The fourth-order valence-electron chi connectivity index (χ4n) is 4.31. The minimum absolute atomic E-state index is 0.0287. The third-order valence-corrected chi connectivity index (χ3v) is 5.95. The molecule has 5 rings (SSSR count). The number of rotatable bonds is 3. The Balaban J connectivity index is 1.87. The Morgan fingerprint density at radius 3 is 2.47 bits per heavy atom. The number of hydrogen-bond acceptors (Lipinski definition) is 7. The van der Waals surface area contributed by atoms with E-state index in [1.807, 2.05) is 49.4 Å². The zero-order valence-electron chi connectivity index (χ0n) is 18.5. The zero-order chi connectivity index (χ0) is 24.0. The third-order valence-electron chi connectivity index (χ3n) is 5.95. The normalized spacial score (nSPS) is 14.9. The van der Waals surface area contributed by atoms with Gasteiger partial charge in [-0.2, -0.15) is 5.26 Å². The summed E-state index contributed by atoms with van der Waals surface area (Å²) in [5, 5.41) is 21.2. The molecule has 34 heavy (non-hydrogen) atoms. The van der Waals surface area contributed by atoms with E-state index in [4.69, 9.17) is 19.6 Å². The number of ether oxygens (including phenoxy) is 2. The summed E-state index contributed by atoms with van der Waals surface area (Å²) < 4.78 is 17.5. The number of phenolic OH excluding ortho intramolecular Hbond substituents is 1. The summed E-state index contributed by atoms with van der Waals surface area (Å²) in [5.74, 6) is -0.703. The van der Waals surface area contributed by atoms with Crippen molar-refractivity contribution in [3.63, 3.8) is 0 Å². The van der Waals surface area contributed by atoms with E-state index in [2.05, 4.69) is 6.07 Å². The van der Waals surface area contributed by atoms with Crippen LogP contribution in [0.15, 0.2) is 81.3 Å². The number of aromatic hydroxyl groups is 1. The predicted molar refractivity (Wildman–Crippen MR) is 127 cm³/mol. The SMILES string of the molecule is COc1c2c(c(O)c3c(=O)cc(-c4ccccc4)oc13)C(c1ccc(C)cc1)C(C#N)=C(N)O2. The van der Waals surface area contributed by atoms with Crippen molar-refractivity contribution in [3.8, 4) is 34.6 Å². The molecule has 168 valence electrons. The molecule has 4 aromatic rings. The molecule has 0 amide bonds. The highest BCUT2D eigenvalue weighted by Crippen LogP contribution is 2.54. The molecule has 0 spiro atoms. The van der Waals surface area contributed by atoms with Crippen molar-refractivity contribution >= 4 is 11.0 Å². The van der Waals surface area contributed by atoms with Gasteiger partial charge in [-0.15, -0.1) is 0 Å². The number of allylic oxidation sites excluding steroid dienone is 1. The van der Waals surface area contributed by atoms with Gasteiger partial charge in [-0.1, -0.05) is 60.2 Å². The van der Waals surface area contributed by atoms with E-state index in [0.29, 0.717) is 16.9 Å². The molecule has 1 aromatic heterocycles. The molecule has 7 nitrogen and oxygen atoms in total. The first-order chi connectivity index (χ1) is 16.4. The van der Waals surface area contributed by atoms with Crippen LogP contribution in [0.25, 0.3) is 22.3 Å². The van der Waals surface area contributed by atoms with Crippen LogP contribution in [0.5, 0.6) is 17.2 Å². The Morgan fingerprint density at radius 1 is 1.12 bits per heavy atom. The Hall–Kier alpha value is -4.70. The van der Waals surface area contributed by atoms with Gasteiger partial charge in [0.15, 0.2) is 16.8 Å². The number of nitriles is 1. The number of phenols is 1. The summed E-state index contributed by atoms with van der Waals surface area (Å²) in [6, 6.07) is 20.0. The van der Waals surface area contributed by atoms with E-state index in [0.717, 1.165) is 5.56 Å². The van der Waals surface area contributed by atoms with Crippen LogP contribution in [0.2, 0.25) is 0 Å². The van der Waals surface area contributed by atoms with Crippen molar-refractivity contribution in [2.24, 2.45) is 5.73 Å². The van der Waals surface area contributed by atoms with Crippen LogP contribution in [0.3, 0.4) is 0 Å². The van der Waals surface area contributed by atoms with Crippen LogP contribution >= 0.6 is 0 Å². The molecule has 1 unspecified atom stereocenters. The maximum Gasteiger partial charge on any atom is 0.206 e. The maximum atomic E-state index is 13.2. The molecule has 0 aliphatic carbocycles. The summed E-state index contributed by atoms with van der Waals surface area (Å²) in [4.78, 5) is 13.2. The van der Waals surface area contributed by atoms with Gasteiger partial charge in [0.25, 0.3) is 0 Å². The number of fused-ring (bicyclic) bond motifs is 2. The first-order valence-electron chi connectivity index (χ1n) is 10.5. The van der Waals surface area contributed by atoms with E-state index in [-0.39, 0.29) is 45.2 Å². The number of nitrogens with two attached hydrogens (primary N) is 1. The lowest BCUT2D eigenvalue weighted by atomic mass is 9.82. The predicted octanol–water partition coefficient (Wildman–Crippen LogP) is 4.70. The van der Waals surface area contributed by atoms with Gasteiger partial charge in [0.2, 0.25) is 11.6 Å². The second-order valence-corrected chi connectivity index (χ2v) is 8.01. The lowest BCUT2D eigenvalue weighted by molar-refractivity contribution is 0.337. The molecular formula is C27H20N2O5. The van der Waals surface area contributed by atoms with Crippen molar-refractivity contribution in [2.45, 2.75) is 12.8 Å². The molecule has 0 radical (unpaired) electrons. The van der Waals surface area contributed by atoms with Gasteiger partial charge in [0, 0.05) is 11.6 Å². The van der Waals surface area contributed by atoms with Crippen LogP contribution in [0.4, 0.5) is 0 Å². The van der Waals surface area contributed by atoms with Crippen molar-refractivity contribution in [2.75, 3.05) is 7.11 Å². The summed E-state index contributed by atoms with van der Waals surface area (Å²) in [6.45, 7) is 1.95. The molecule has 3 N–H and O–H groups in total. The quantitative estimate of drug-likeness (QED) is 0.462. The largest absolute Gasteiger partial charge is 0.507 e. The molecule has 0 fully saturated rings. The molecular weight excluding hydrogens is 432 g/mol. The summed E-state index contributed by atoms with van der Waals surface area (Å²) in [6.07, 6.45) is 0. The van der Waals surface area contributed by atoms with Gasteiger partial charge in [0.1, 0.15) is 28.5 Å². The van der Waals surface area contributed by atoms with Gasteiger partial charge in [-0.05, 0) is 12.5 Å². The molecule has 0 saturated heterocycles. The number of hydrogen-bond donors (Lipinski definition) is 2. The number of nitrogens with zero attached hydrogens (tertiary/aromatic N) is 1. The molecule has 1 aliphatic heterocycles. The van der Waals surface area contributed by atoms with E-state index in [9.17, 15) is 15.2 Å². The van der Waals surface area contributed by atoms with Crippen molar-refractivity contribution in [1.82, 2.24) is 0 Å². The Labute approximate surface area is 194 Å². The van der Waals surface area contributed by atoms with Crippen molar-refractivity contribution in [3.05, 3.63) is 99.0 Å². The molecule has 1 aliphatic rings. The molecule has 7 heteroatoms. The van der Waals surface area contributed by atoms with Crippen LogP contribution in [0.1, 0.15) is 22.6 Å². The third kappa shape index (κ3) is 3.16. The van der Waals surface area contributed by atoms with Gasteiger partial charge in [0.05, 0.1) is 18.6 Å². The Morgan fingerprint density at radius 2 is 1.82 bits per heavy atom. The highest BCUT2D eigenvalue weighted by atomic mass is 16.5. The molecule has 3 aromatic carbocycles. The topological polar surface area (TPSA) is 119 Å². The van der Waals surface area contributed by atoms with E-state index in [1.54, 1.807) is 12.1 Å². The second kappa shape index (κ2) is 8.01. The average Bonchev–Trinajstić information content (AvgIpc) is 2.84. The highest BCUT2D eigenvalue weighted by molar-refractivity contribution is 5.95. The Bertz CT molecular complexity index is 1560. The second-order valence-electron chi connectivity index (χ2n) is 8.01. The molecule has 2 heterocycles. The summed E-state index contributed by atoms with van der Waals surface area (Å²) in [5.41, 5.74) is 8.47. The van der Waals surface area contributed by atoms with Gasteiger partial charge >= 0.3 is 0 Å². The standard InChI is InChI=1S/C27H20N2O5/c1-14-8-10-16(11-9-14)20-17(13-28)27(29)34-25-22(20)23(31)21-18(30)12-19(15-6-4-3-5-7-15)33-24(21)26(25)32-2/h3-12,20,31H,29H2,1-2H3. The lowest BCUT2D eigenvalue weighted by Gasteiger charge is -2.29. The average molecular weight is 452 g/mol. The number of aryl methyl sites for hydroxylation is 1. The first-order valence-corrected chi connectivity index (χ1v) is 10.5. The van der Waals surface area contributed by atoms with Crippen molar-refractivity contribution < 1.29 is 19.0 Å². The summed E-state index contributed by atoms with van der Waals surface area (Å²) >= 11 is 0. The smallest absolute Gasteiger partial charge is 0.206 e. The number of benzene rings is 3. The van der Waals surface area contributed by atoms with E-state index < -0.39 is 11.3 Å². The van der Waals surface area contributed by atoms with Crippen LogP contribution in [0, 0.1) is 18.3 Å². The lowest BCUT2D eigenvalue weighted by Crippen LogP contribution is -2.22. The molecule has 0 saturated carbocycles. The van der Waals surface area contributed by atoms with E-state index >= 15 is 0 Å². The minimum Gasteiger partial charge on any atom is -0.507 e. The number of methoxy groups -OCH3 is 1. The highest BCUT2D eigenvalue weighted by Gasteiger charge is 2.38. The van der Waals surface area contributed by atoms with E-state index in [1.165, 1.54) is 13.2 Å². The van der Waals surface area contributed by atoms with Crippen LogP contribution in [-0.4, -0.2) is 12.2 Å². The summed E-state index contributed by atoms with van der Waals surface area (Å²) in [7, 11) is 1.41. The first kappa shape index (κ1) is 21.2. The molecule has 0 bridgehead atoms. The van der Waals surface area contributed by atoms with Crippen LogP contribution < -0.4 is 20.6 Å². The fraction of sp³-hybridized carbons (Fsp3) is 0.111. The Kier molecular flexibility index (Phi) is 4.99. The van der Waals surface area contributed by atoms with Crippen molar-refractivity contribution in [1.29, 1.82) is 5.26 Å². The maximum absolute atomic E-state index is 13.2. The minimum atomic E-state index is -0.763.